The van der Waals surface area contributed by atoms with Crippen molar-refractivity contribution in [2.45, 2.75) is 17.6 Å². The quantitative estimate of drug-likeness (QED) is 0.687. The largest absolute Gasteiger partial charge is 0.398 e. The zero-order chi connectivity index (χ0) is 11.5. The number of nitrogens with zero attached hydrogens (tertiary/aromatic N) is 2. The number of hydrogen-bond acceptors (Lipinski definition) is 5. The first-order valence-electron chi connectivity index (χ1n) is 4.62. The highest BCUT2D eigenvalue weighted by molar-refractivity contribution is 7.98. The molecule has 3 nitrogen and oxygen atoms in total. The molecule has 0 bridgehead atoms. The zero-order valence-corrected chi connectivity index (χ0v) is 11.0. The van der Waals surface area contributed by atoms with Crippen molar-refractivity contribution >= 4 is 40.6 Å². The third-order valence-corrected chi connectivity index (χ3v) is 4.11. The first kappa shape index (κ1) is 11.7. The van der Waals surface area contributed by atoms with Gasteiger partial charge in [-0.05, 0) is 24.6 Å². The maximum atomic E-state index is 5.93. The molecule has 0 radical (unpaired) electrons. The fourth-order valence-electron chi connectivity index (χ4n) is 1.20. The van der Waals surface area contributed by atoms with Crippen molar-refractivity contribution in [2.24, 2.45) is 0 Å². The second-order valence-electron chi connectivity index (χ2n) is 3.32. The summed E-state index contributed by atoms with van der Waals surface area (Å²) >= 11 is 8.76. The van der Waals surface area contributed by atoms with Crippen LogP contribution in [-0.4, -0.2) is 9.59 Å². The molecule has 2 aromatic rings. The highest BCUT2D eigenvalue weighted by atomic mass is 35.5. The molecule has 1 aromatic heterocycles. The maximum absolute atomic E-state index is 5.93. The van der Waals surface area contributed by atoms with E-state index in [4.69, 9.17) is 17.3 Å². The lowest BCUT2D eigenvalue weighted by molar-refractivity contribution is 1.07. The molecule has 0 saturated heterocycles. The molecule has 0 unspecified atom stereocenters. The van der Waals surface area contributed by atoms with Gasteiger partial charge in [-0.25, -0.2) is 0 Å². The van der Waals surface area contributed by atoms with E-state index >= 15 is 0 Å². The lowest BCUT2D eigenvalue weighted by Gasteiger charge is -2.05. The van der Waals surface area contributed by atoms with Gasteiger partial charge < -0.3 is 5.73 Å². The fraction of sp³-hybridized carbons (Fsp3) is 0.200. The molecule has 0 aliphatic carbocycles. The molecule has 84 valence electrons. The van der Waals surface area contributed by atoms with E-state index in [0.717, 1.165) is 16.3 Å². The maximum Gasteiger partial charge on any atom is 0.138 e. The van der Waals surface area contributed by atoms with E-state index < -0.39 is 0 Å². The molecule has 0 spiro atoms. The predicted octanol–water partition coefficient (Wildman–Crippen LogP) is 3.37. The number of anilines is 1. The number of halogens is 1. The smallest absolute Gasteiger partial charge is 0.138 e. The van der Waals surface area contributed by atoms with Gasteiger partial charge >= 0.3 is 0 Å². The van der Waals surface area contributed by atoms with Crippen molar-refractivity contribution in [3.05, 3.63) is 33.8 Å². The van der Waals surface area contributed by atoms with E-state index in [1.165, 1.54) is 17.1 Å². The summed E-state index contributed by atoms with van der Waals surface area (Å²) in [7, 11) is 0. The Kier molecular flexibility index (Phi) is 3.68. The molecule has 2 rings (SSSR count). The monoisotopic (exact) mass is 271 g/mol. The second kappa shape index (κ2) is 5.03. The molecule has 0 aliphatic heterocycles. The standard InChI is InChI=1S/C10H10ClN3S2/c1-6-2-3-7(12)9(4-6)15-5-8-10(11)16-14-13-8/h2-4H,5,12H2,1H3. The van der Waals surface area contributed by atoms with Crippen LogP contribution in [0.3, 0.4) is 0 Å². The minimum absolute atomic E-state index is 0.652. The Morgan fingerprint density at radius 3 is 3.00 bits per heavy atom. The number of hydrogen-bond donors (Lipinski definition) is 1. The molecule has 0 aliphatic rings. The van der Waals surface area contributed by atoms with Gasteiger partial charge in [0.15, 0.2) is 0 Å². The van der Waals surface area contributed by atoms with E-state index in [-0.39, 0.29) is 0 Å². The van der Waals surface area contributed by atoms with E-state index in [1.54, 1.807) is 11.8 Å². The predicted molar refractivity (Wildman–Crippen MR) is 70.1 cm³/mol. The van der Waals surface area contributed by atoms with E-state index in [0.29, 0.717) is 10.1 Å². The average molecular weight is 272 g/mol. The Morgan fingerprint density at radius 2 is 2.31 bits per heavy atom. The number of aromatic nitrogens is 2. The minimum Gasteiger partial charge on any atom is -0.398 e. The van der Waals surface area contributed by atoms with Crippen LogP contribution in [-0.2, 0) is 5.75 Å². The molecule has 6 heteroatoms. The number of nitrogen functional groups attached to an aromatic ring is 1. The highest BCUT2D eigenvalue weighted by Crippen LogP contribution is 2.31. The topological polar surface area (TPSA) is 51.8 Å². The molecule has 16 heavy (non-hydrogen) atoms. The Balaban J connectivity index is 2.10. The van der Waals surface area contributed by atoms with E-state index in [2.05, 4.69) is 15.7 Å². The number of benzene rings is 1. The third kappa shape index (κ3) is 2.66. The van der Waals surface area contributed by atoms with Crippen molar-refractivity contribution in [1.29, 1.82) is 0 Å². The average Bonchev–Trinajstić information content (AvgIpc) is 2.66. The van der Waals surface area contributed by atoms with E-state index in [1.807, 2.05) is 19.1 Å². The molecule has 0 saturated carbocycles. The van der Waals surface area contributed by atoms with Crippen LogP contribution in [0.4, 0.5) is 5.69 Å². The van der Waals surface area contributed by atoms with Gasteiger partial charge in [-0.3, -0.25) is 0 Å². The van der Waals surface area contributed by atoms with Crippen molar-refractivity contribution in [1.82, 2.24) is 9.59 Å². The summed E-state index contributed by atoms with van der Waals surface area (Å²) in [5.41, 5.74) is 8.68. The number of rotatable bonds is 3. The van der Waals surface area contributed by atoms with Crippen LogP contribution in [0, 0.1) is 6.92 Å². The van der Waals surface area contributed by atoms with Gasteiger partial charge in [0.2, 0.25) is 0 Å². The van der Waals surface area contributed by atoms with Gasteiger partial charge in [0.1, 0.15) is 10.0 Å². The molecular formula is C10H10ClN3S2. The van der Waals surface area contributed by atoms with Gasteiger partial charge in [0, 0.05) is 27.9 Å². The summed E-state index contributed by atoms with van der Waals surface area (Å²) in [6, 6.07) is 5.98. The number of aryl methyl sites for hydroxylation is 1. The summed E-state index contributed by atoms with van der Waals surface area (Å²) in [6.45, 7) is 2.04. The molecule has 1 aromatic carbocycles. The SMILES string of the molecule is Cc1ccc(N)c(SCc2nnsc2Cl)c1. The molecule has 1 heterocycles. The Hall–Kier alpha value is -0.780. The van der Waals surface area contributed by atoms with Crippen LogP contribution in [0.5, 0.6) is 0 Å². The molecule has 0 atom stereocenters. The molecule has 0 amide bonds. The normalized spacial score (nSPS) is 10.6. The van der Waals surface area contributed by atoms with Crippen molar-refractivity contribution in [3.8, 4) is 0 Å². The van der Waals surface area contributed by atoms with Gasteiger partial charge in [0.25, 0.3) is 0 Å². The Morgan fingerprint density at radius 1 is 1.50 bits per heavy atom. The van der Waals surface area contributed by atoms with E-state index in [9.17, 15) is 0 Å². The second-order valence-corrected chi connectivity index (χ2v) is 5.70. The summed E-state index contributed by atoms with van der Waals surface area (Å²) in [6.07, 6.45) is 0. The van der Waals surface area contributed by atoms with Crippen LogP contribution >= 0.6 is 34.9 Å². The van der Waals surface area contributed by atoms with Gasteiger partial charge in [-0.1, -0.05) is 22.2 Å². The van der Waals surface area contributed by atoms with Crippen LogP contribution in [0.2, 0.25) is 4.34 Å². The summed E-state index contributed by atoms with van der Waals surface area (Å²) in [5, 5.41) is 3.96. The fourth-order valence-corrected chi connectivity index (χ4v) is 2.99. The number of thioether (sulfide) groups is 1. The van der Waals surface area contributed by atoms with Gasteiger partial charge in [-0.15, -0.1) is 16.9 Å². The van der Waals surface area contributed by atoms with Crippen LogP contribution in [0.1, 0.15) is 11.3 Å². The van der Waals surface area contributed by atoms with Crippen molar-refractivity contribution in [2.75, 3.05) is 5.73 Å². The van der Waals surface area contributed by atoms with Gasteiger partial charge in [-0.2, -0.15) is 0 Å². The summed E-state index contributed by atoms with van der Waals surface area (Å²) < 4.78 is 4.44. The zero-order valence-electron chi connectivity index (χ0n) is 8.61. The highest BCUT2D eigenvalue weighted by Gasteiger charge is 2.07. The molecule has 0 fully saturated rings. The Labute approximate surface area is 107 Å². The first-order valence-corrected chi connectivity index (χ1v) is 6.76. The molecule has 2 N–H and O–H groups in total. The van der Waals surface area contributed by atoms with Crippen LogP contribution in [0.15, 0.2) is 23.1 Å². The van der Waals surface area contributed by atoms with Crippen LogP contribution in [0.25, 0.3) is 0 Å². The van der Waals surface area contributed by atoms with Crippen LogP contribution < -0.4 is 5.73 Å². The molecular weight excluding hydrogens is 262 g/mol. The van der Waals surface area contributed by atoms with Crippen molar-refractivity contribution < 1.29 is 0 Å². The van der Waals surface area contributed by atoms with Crippen molar-refractivity contribution in [3.63, 3.8) is 0 Å². The number of nitrogens with two attached hydrogens (primary N) is 1. The Bertz CT molecular complexity index is 499. The lowest BCUT2D eigenvalue weighted by atomic mass is 10.2. The minimum atomic E-state index is 0.652. The summed E-state index contributed by atoms with van der Waals surface area (Å²) in [4.78, 5) is 1.06. The van der Waals surface area contributed by atoms with Gasteiger partial charge in [0.05, 0.1) is 0 Å². The first-order chi connectivity index (χ1) is 7.66. The third-order valence-electron chi connectivity index (χ3n) is 2.04. The lowest BCUT2D eigenvalue weighted by Crippen LogP contribution is -1.90. The summed E-state index contributed by atoms with van der Waals surface area (Å²) in [5.74, 6) is 0.697.